The van der Waals surface area contributed by atoms with Crippen LogP contribution in [0.15, 0.2) is 36.7 Å². The van der Waals surface area contributed by atoms with Gasteiger partial charge in [0.25, 0.3) is 0 Å². The Morgan fingerprint density at radius 3 is 2.53 bits per heavy atom. The molecule has 4 nitrogen and oxygen atoms in total. The Morgan fingerprint density at radius 1 is 1.05 bits per heavy atom. The lowest BCUT2D eigenvalue weighted by Gasteiger charge is -2.10. The zero-order chi connectivity index (χ0) is 13.4. The number of nitrogen functional groups attached to an aromatic ring is 1. The Hall–Kier alpha value is -2.23. The van der Waals surface area contributed by atoms with Crippen LogP contribution in [0.5, 0.6) is 0 Å². The van der Waals surface area contributed by atoms with E-state index in [9.17, 15) is 0 Å². The van der Waals surface area contributed by atoms with E-state index in [4.69, 9.17) is 5.73 Å². The van der Waals surface area contributed by atoms with Crippen molar-refractivity contribution in [1.29, 1.82) is 0 Å². The quantitative estimate of drug-likeness (QED) is 0.731. The molecule has 19 heavy (non-hydrogen) atoms. The number of fused-ring (bicyclic) bond motifs is 1. The zero-order valence-electron chi connectivity index (χ0n) is 11.3. The van der Waals surface area contributed by atoms with Gasteiger partial charge in [-0.05, 0) is 44.2 Å². The maximum atomic E-state index is 5.77. The van der Waals surface area contributed by atoms with Crippen LogP contribution in [0.2, 0.25) is 0 Å². The molecule has 2 N–H and O–H groups in total. The van der Waals surface area contributed by atoms with E-state index < -0.39 is 0 Å². The van der Waals surface area contributed by atoms with Crippen LogP contribution in [-0.2, 0) is 13.1 Å². The number of rotatable bonds is 3. The van der Waals surface area contributed by atoms with Crippen LogP contribution in [-0.4, -0.2) is 14.1 Å². The fourth-order valence-corrected chi connectivity index (χ4v) is 2.52. The van der Waals surface area contributed by atoms with Gasteiger partial charge in [-0.3, -0.25) is 0 Å². The van der Waals surface area contributed by atoms with Crippen molar-refractivity contribution in [3.63, 3.8) is 0 Å². The molecule has 2 aromatic heterocycles. The highest BCUT2D eigenvalue weighted by molar-refractivity contribution is 5.78. The average Bonchev–Trinajstić information content (AvgIpc) is 2.92. The van der Waals surface area contributed by atoms with Crippen molar-refractivity contribution in [1.82, 2.24) is 14.1 Å². The number of aromatic nitrogens is 3. The second kappa shape index (κ2) is 4.46. The smallest absolute Gasteiger partial charge is 0.0958 e. The number of benzene rings is 1. The van der Waals surface area contributed by atoms with Crippen LogP contribution in [0.4, 0.5) is 5.69 Å². The molecule has 0 radical (unpaired) electrons. The summed E-state index contributed by atoms with van der Waals surface area (Å²) in [4.78, 5) is 4.40. The van der Waals surface area contributed by atoms with E-state index in [1.54, 1.807) is 0 Å². The van der Waals surface area contributed by atoms with Gasteiger partial charge in [0.05, 0.1) is 17.4 Å². The predicted molar refractivity (Wildman–Crippen MR) is 78.1 cm³/mol. The van der Waals surface area contributed by atoms with E-state index in [-0.39, 0.29) is 0 Å². The van der Waals surface area contributed by atoms with E-state index in [0.29, 0.717) is 0 Å². The number of aryl methyl sites for hydroxylation is 3. The molecule has 0 saturated heterocycles. The molecular formula is C15H18N4. The highest BCUT2D eigenvalue weighted by atomic mass is 15.1. The van der Waals surface area contributed by atoms with Gasteiger partial charge in [0.15, 0.2) is 0 Å². The van der Waals surface area contributed by atoms with Crippen LogP contribution < -0.4 is 5.73 Å². The molecule has 0 amide bonds. The van der Waals surface area contributed by atoms with E-state index in [2.05, 4.69) is 40.1 Å². The molecule has 0 bridgehead atoms. The van der Waals surface area contributed by atoms with Crippen LogP contribution in [0.1, 0.15) is 11.4 Å². The van der Waals surface area contributed by atoms with Crippen LogP contribution >= 0.6 is 0 Å². The average molecular weight is 254 g/mol. The molecule has 0 fully saturated rings. The molecule has 3 aromatic rings. The van der Waals surface area contributed by atoms with Gasteiger partial charge in [0, 0.05) is 30.2 Å². The minimum absolute atomic E-state index is 0.759. The first-order chi connectivity index (χ1) is 9.15. The van der Waals surface area contributed by atoms with Gasteiger partial charge in [0.2, 0.25) is 0 Å². The lowest BCUT2D eigenvalue weighted by molar-refractivity contribution is 0.572. The SMILES string of the molecule is Cc1ccc(C)n1CCn1cnc2cc(N)ccc21. The number of hydrogen-bond donors (Lipinski definition) is 1. The summed E-state index contributed by atoms with van der Waals surface area (Å²) in [6.45, 7) is 6.15. The number of imidazole rings is 1. The van der Waals surface area contributed by atoms with E-state index in [1.165, 1.54) is 11.4 Å². The van der Waals surface area contributed by atoms with Crippen molar-refractivity contribution in [2.45, 2.75) is 26.9 Å². The van der Waals surface area contributed by atoms with Crippen molar-refractivity contribution in [2.24, 2.45) is 0 Å². The first-order valence-electron chi connectivity index (χ1n) is 6.48. The Kier molecular flexibility index (Phi) is 2.78. The van der Waals surface area contributed by atoms with Gasteiger partial charge in [-0.15, -0.1) is 0 Å². The molecule has 0 aliphatic rings. The third-order valence-corrected chi connectivity index (χ3v) is 3.63. The summed E-state index contributed by atoms with van der Waals surface area (Å²) in [7, 11) is 0. The summed E-state index contributed by atoms with van der Waals surface area (Å²) in [5.41, 5.74) is 11.2. The molecule has 0 aliphatic carbocycles. The normalized spacial score (nSPS) is 11.3. The molecule has 0 spiro atoms. The molecular weight excluding hydrogens is 236 g/mol. The summed E-state index contributed by atoms with van der Waals surface area (Å²) >= 11 is 0. The standard InChI is InChI=1S/C15H18N4/c1-11-3-4-12(2)19(11)8-7-18-10-17-14-9-13(16)5-6-15(14)18/h3-6,9-10H,7-8,16H2,1-2H3. The summed E-state index contributed by atoms with van der Waals surface area (Å²) in [6.07, 6.45) is 1.89. The second-order valence-corrected chi connectivity index (χ2v) is 4.95. The Morgan fingerprint density at radius 2 is 1.79 bits per heavy atom. The minimum Gasteiger partial charge on any atom is -0.399 e. The Bertz CT molecular complexity index is 701. The maximum absolute atomic E-state index is 5.77. The van der Waals surface area contributed by atoms with Crippen molar-refractivity contribution in [3.05, 3.63) is 48.0 Å². The third kappa shape index (κ3) is 2.10. The Balaban J connectivity index is 1.86. The topological polar surface area (TPSA) is 48.8 Å². The molecule has 0 aliphatic heterocycles. The van der Waals surface area contributed by atoms with E-state index in [1.807, 2.05) is 24.5 Å². The van der Waals surface area contributed by atoms with Crippen LogP contribution in [0.3, 0.4) is 0 Å². The van der Waals surface area contributed by atoms with E-state index >= 15 is 0 Å². The molecule has 98 valence electrons. The molecule has 0 atom stereocenters. The monoisotopic (exact) mass is 254 g/mol. The van der Waals surface area contributed by atoms with Gasteiger partial charge in [0.1, 0.15) is 0 Å². The number of hydrogen-bond acceptors (Lipinski definition) is 2. The third-order valence-electron chi connectivity index (χ3n) is 3.63. The van der Waals surface area contributed by atoms with Gasteiger partial charge in [-0.25, -0.2) is 4.98 Å². The molecule has 1 aromatic carbocycles. The lowest BCUT2D eigenvalue weighted by atomic mass is 10.3. The summed E-state index contributed by atoms with van der Waals surface area (Å²) in [5, 5.41) is 0. The van der Waals surface area contributed by atoms with Gasteiger partial charge in [-0.2, -0.15) is 0 Å². The number of nitrogens with zero attached hydrogens (tertiary/aromatic N) is 3. The summed E-state index contributed by atoms with van der Waals surface area (Å²) < 4.78 is 4.50. The van der Waals surface area contributed by atoms with Crippen molar-refractivity contribution in [3.8, 4) is 0 Å². The van der Waals surface area contributed by atoms with Gasteiger partial charge >= 0.3 is 0 Å². The van der Waals surface area contributed by atoms with Gasteiger partial charge in [-0.1, -0.05) is 0 Å². The van der Waals surface area contributed by atoms with Gasteiger partial charge < -0.3 is 14.9 Å². The molecule has 3 rings (SSSR count). The summed E-state index contributed by atoms with van der Waals surface area (Å²) in [6, 6.07) is 10.2. The second-order valence-electron chi connectivity index (χ2n) is 4.95. The molecule has 0 saturated carbocycles. The van der Waals surface area contributed by atoms with Crippen LogP contribution in [0.25, 0.3) is 11.0 Å². The molecule has 0 unspecified atom stereocenters. The molecule has 4 heteroatoms. The minimum atomic E-state index is 0.759. The maximum Gasteiger partial charge on any atom is 0.0958 e. The number of anilines is 1. The zero-order valence-corrected chi connectivity index (χ0v) is 11.3. The fraction of sp³-hybridized carbons (Fsp3) is 0.267. The number of nitrogens with two attached hydrogens (primary N) is 1. The van der Waals surface area contributed by atoms with Crippen LogP contribution in [0, 0.1) is 13.8 Å². The van der Waals surface area contributed by atoms with Crippen molar-refractivity contribution >= 4 is 16.7 Å². The largest absolute Gasteiger partial charge is 0.399 e. The first kappa shape index (κ1) is 11.8. The van der Waals surface area contributed by atoms with Crippen molar-refractivity contribution < 1.29 is 0 Å². The summed E-state index contributed by atoms with van der Waals surface area (Å²) in [5.74, 6) is 0. The Labute approximate surface area is 112 Å². The fourth-order valence-electron chi connectivity index (χ4n) is 2.52. The van der Waals surface area contributed by atoms with E-state index in [0.717, 1.165) is 29.8 Å². The lowest BCUT2D eigenvalue weighted by Crippen LogP contribution is -2.09. The molecule has 2 heterocycles. The van der Waals surface area contributed by atoms with Crippen molar-refractivity contribution in [2.75, 3.05) is 5.73 Å². The highest BCUT2D eigenvalue weighted by Gasteiger charge is 2.05. The predicted octanol–water partition coefficient (Wildman–Crippen LogP) is 2.74. The first-order valence-corrected chi connectivity index (χ1v) is 6.48. The highest BCUT2D eigenvalue weighted by Crippen LogP contribution is 2.16.